The van der Waals surface area contributed by atoms with Gasteiger partial charge in [-0.1, -0.05) is 30.3 Å². The molecule has 1 aromatic carbocycles. The Morgan fingerprint density at radius 2 is 1.89 bits per heavy atom. The van der Waals surface area contributed by atoms with Gasteiger partial charge in [0, 0.05) is 13.1 Å². The number of anilines is 1. The summed E-state index contributed by atoms with van der Waals surface area (Å²) in [6, 6.07) is 10.1. The number of nitrogens with zero attached hydrogens (tertiary/aromatic N) is 5. The van der Waals surface area contributed by atoms with Crippen molar-refractivity contribution in [2.24, 2.45) is 0 Å². The average Bonchev–Trinajstić information content (AvgIpc) is 3.28. The first-order chi connectivity index (χ1) is 13.6. The van der Waals surface area contributed by atoms with E-state index in [0.29, 0.717) is 23.5 Å². The maximum absolute atomic E-state index is 10.3. The van der Waals surface area contributed by atoms with Crippen molar-refractivity contribution < 1.29 is 20.1 Å². The highest BCUT2D eigenvalue weighted by Crippen LogP contribution is 2.32. The maximum Gasteiger partial charge on any atom is 0.167 e. The average molecular weight is 385 g/mol. The van der Waals surface area contributed by atoms with Crippen LogP contribution in [0.5, 0.6) is 0 Å². The molecule has 3 heterocycles. The van der Waals surface area contributed by atoms with Crippen molar-refractivity contribution in [3.8, 4) is 0 Å². The van der Waals surface area contributed by atoms with Gasteiger partial charge in [-0.15, -0.1) is 0 Å². The van der Waals surface area contributed by atoms with E-state index in [2.05, 4.69) is 32.0 Å². The van der Waals surface area contributed by atoms with E-state index in [9.17, 15) is 15.3 Å². The van der Waals surface area contributed by atoms with Gasteiger partial charge in [-0.25, -0.2) is 15.0 Å². The second-order valence-corrected chi connectivity index (χ2v) is 6.75. The van der Waals surface area contributed by atoms with E-state index in [4.69, 9.17) is 4.74 Å². The number of imidazole rings is 1. The molecular weight excluding hydrogens is 362 g/mol. The van der Waals surface area contributed by atoms with Crippen LogP contribution < -0.4 is 4.90 Å². The van der Waals surface area contributed by atoms with Crippen LogP contribution in [0.1, 0.15) is 18.7 Å². The molecule has 3 aromatic rings. The van der Waals surface area contributed by atoms with Crippen LogP contribution in [-0.2, 0) is 11.3 Å². The van der Waals surface area contributed by atoms with Gasteiger partial charge in [-0.05, 0) is 12.5 Å². The van der Waals surface area contributed by atoms with E-state index in [0.717, 1.165) is 12.1 Å². The number of aliphatic hydroxyl groups is 3. The fourth-order valence-corrected chi connectivity index (χ4v) is 3.51. The van der Waals surface area contributed by atoms with Crippen LogP contribution in [0.25, 0.3) is 11.2 Å². The summed E-state index contributed by atoms with van der Waals surface area (Å²) in [5.41, 5.74) is 2.23. The van der Waals surface area contributed by atoms with Crippen molar-refractivity contribution in [1.82, 2.24) is 19.5 Å². The van der Waals surface area contributed by atoms with Crippen LogP contribution in [0.4, 0.5) is 5.82 Å². The molecule has 4 atom stereocenters. The number of hydrogen-bond acceptors (Lipinski definition) is 8. The second-order valence-electron chi connectivity index (χ2n) is 6.75. The Bertz CT molecular complexity index is 934. The third kappa shape index (κ3) is 3.22. The summed E-state index contributed by atoms with van der Waals surface area (Å²) in [6.45, 7) is 3.05. The highest BCUT2D eigenvalue weighted by molar-refractivity contribution is 5.83. The lowest BCUT2D eigenvalue weighted by Gasteiger charge is -2.22. The first kappa shape index (κ1) is 18.8. The van der Waals surface area contributed by atoms with Crippen molar-refractivity contribution in [3.05, 3.63) is 48.5 Å². The summed E-state index contributed by atoms with van der Waals surface area (Å²) in [4.78, 5) is 15.3. The van der Waals surface area contributed by atoms with Crippen LogP contribution in [0.15, 0.2) is 43.0 Å². The molecule has 0 bridgehead atoms. The molecule has 0 spiro atoms. The Hall–Kier alpha value is -2.59. The first-order valence-electron chi connectivity index (χ1n) is 9.23. The van der Waals surface area contributed by atoms with E-state index < -0.39 is 24.5 Å². The standard InChI is InChI=1S/C19H23N5O4/c1-2-23(8-12-6-4-3-5-7-12)17-14-18(21-10-20-17)24(11-22-14)19-16(27)15(26)13(9-25)28-19/h3-7,10-11,13,15-16,19,25-27H,2,8-9H2,1H3/t13-,15-,16-,19-/m1/s1. The van der Waals surface area contributed by atoms with Crippen LogP contribution in [0.2, 0.25) is 0 Å². The van der Waals surface area contributed by atoms with Gasteiger partial charge in [0.2, 0.25) is 0 Å². The van der Waals surface area contributed by atoms with Gasteiger partial charge in [0.25, 0.3) is 0 Å². The first-order valence-corrected chi connectivity index (χ1v) is 9.23. The molecule has 1 aliphatic rings. The summed E-state index contributed by atoms with van der Waals surface area (Å²) in [5, 5.41) is 29.7. The van der Waals surface area contributed by atoms with E-state index in [1.165, 1.54) is 12.7 Å². The van der Waals surface area contributed by atoms with Crippen molar-refractivity contribution in [2.75, 3.05) is 18.1 Å². The summed E-state index contributed by atoms with van der Waals surface area (Å²) < 4.78 is 7.18. The van der Waals surface area contributed by atoms with Gasteiger partial charge in [-0.3, -0.25) is 4.57 Å². The highest BCUT2D eigenvalue weighted by Gasteiger charge is 2.44. The monoisotopic (exact) mass is 385 g/mol. The van der Waals surface area contributed by atoms with E-state index >= 15 is 0 Å². The van der Waals surface area contributed by atoms with Crippen LogP contribution in [-0.4, -0.2) is 66.3 Å². The highest BCUT2D eigenvalue weighted by atomic mass is 16.6. The largest absolute Gasteiger partial charge is 0.394 e. The molecule has 0 radical (unpaired) electrons. The molecule has 9 heteroatoms. The molecule has 148 valence electrons. The number of aliphatic hydroxyl groups excluding tert-OH is 3. The fourth-order valence-electron chi connectivity index (χ4n) is 3.51. The molecule has 4 rings (SSSR count). The normalized spacial score (nSPS) is 24.7. The maximum atomic E-state index is 10.3. The van der Waals surface area contributed by atoms with E-state index in [1.54, 1.807) is 4.57 Å². The molecule has 1 aliphatic heterocycles. The molecule has 28 heavy (non-hydrogen) atoms. The molecule has 0 unspecified atom stereocenters. The number of benzene rings is 1. The third-order valence-corrected chi connectivity index (χ3v) is 5.03. The zero-order valence-electron chi connectivity index (χ0n) is 15.5. The minimum absolute atomic E-state index is 0.387. The number of aromatic nitrogens is 4. The molecular formula is C19H23N5O4. The Kier molecular flexibility index (Phi) is 5.23. The van der Waals surface area contributed by atoms with Crippen LogP contribution in [0.3, 0.4) is 0 Å². The lowest BCUT2D eigenvalue weighted by molar-refractivity contribution is -0.0511. The van der Waals surface area contributed by atoms with Gasteiger partial charge in [0.1, 0.15) is 24.6 Å². The third-order valence-electron chi connectivity index (χ3n) is 5.03. The summed E-state index contributed by atoms with van der Waals surface area (Å²) in [5.74, 6) is 0.682. The Balaban J connectivity index is 1.69. The molecule has 0 amide bonds. The fraction of sp³-hybridized carbons (Fsp3) is 0.421. The van der Waals surface area contributed by atoms with Crippen molar-refractivity contribution in [1.29, 1.82) is 0 Å². The zero-order chi connectivity index (χ0) is 19.7. The Labute approximate surface area is 161 Å². The van der Waals surface area contributed by atoms with Gasteiger partial charge >= 0.3 is 0 Å². The number of rotatable bonds is 6. The molecule has 9 nitrogen and oxygen atoms in total. The van der Waals surface area contributed by atoms with E-state index in [-0.39, 0.29) is 6.61 Å². The molecule has 1 fully saturated rings. The minimum atomic E-state index is -1.19. The molecule has 3 N–H and O–H groups in total. The van der Waals surface area contributed by atoms with Crippen LogP contribution in [0, 0.1) is 0 Å². The Morgan fingerprint density at radius 1 is 1.11 bits per heavy atom. The van der Waals surface area contributed by atoms with Crippen LogP contribution >= 0.6 is 0 Å². The van der Waals surface area contributed by atoms with Gasteiger partial charge < -0.3 is 25.0 Å². The quantitative estimate of drug-likeness (QED) is 0.560. The molecule has 2 aromatic heterocycles. The molecule has 0 aliphatic carbocycles. The summed E-state index contributed by atoms with van der Waals surface area (Å²) >= 11 is 0. The SMILES string of the molecule is CCN(Cc1ccccc1)c1ncnc2c1ncn2[C@@H]1O[C@H](CO)[C@@H](O)[C@H]1O. The molecule has 0 saturated carbocycles. The predicted octanol–water partition coefficient (Wildman–Crippen LogP) is 0.464. The zero-order valence-corrected chi connectivity index (χ0v) is 15.5. The Morgan fingerprint density at radius 3 is 2.57 bits per heavy atom. The number of hydrogen-bond donors (Lipinski definition) is 3. The van der Waals surface area contributed by atoms with E-state index in [1.807, 2.05) is 25.1 Å². The number of ether oxygens (including phenoxy) is 1. The predicted molar refractivity (Wildman–Crippen MR) is 101 cm³/mol. The van der Waals surface area contributed by atoms with Crippen molar-refractivity contribution >= 4 is 17.0 Å². The summed E-state index contributed by atoms with van der Waals surface area (Å²) in [6.07, 6.45) is -1.16. The van der Waals surface area contributed by atoms with Gasteiger partial charge in [0.15, 0.2) is 23.2 Å². The van der Waals surface area contributed by atoms with Crippen molar-refractivity contribution in [2.45, 2.75) is 38.0 Å². The lowest BCUT2D eigenvalue weighted by atomic mass is 10.1. The lowest BCUT2D eigenvalue weighted by Crippen LogP contribution is -2.33. The second kappa shape index (κ2) is 7.80. The topological polar surface area (TPSA) is 117 Å². The van der Waals surface area contributed by atoms with Gasteiger partial charge in [0.05, 0.1) is 12.9 Å². The number of fused-ring (bicyclic) bond motifs is 1. The van der Waals surface area contributed by atoms with Gasteiger partial charge in [-0.2, -0.15) is 0 Å². The van der Waals surface area contributed by atoms with Crippen molar-refractivity contribution in [3.63, 3.8) is 0 Å². The molecule has 1 saturated heterocycles. The smallest absolute Gasteiger partial charge is 0.167 e. The minimum Gasteiger partial charge on any atom is -0.394 e. The summed E-state index contributed by atoms with van der Waals surface area (Å²) in [7, 11) is 0.